The molecule has 2 aromatic rings. The Hall–Kier alpha value is -3.14. The van der Waals surface area contributed by atoms with Gasteiger partial charge in [0.25, 0.3) is 5.91 Å². The van der Waals surface area contributed by atoms with E-state index in [1.165, 1.54) is 12.1 Å². The zero-order chi connectivity index (χ0) is 18.5. The predicted molar refractivity (Wildman–Crippen MR) is 87.3 cm³/mol. The van der Waals surface area contributed by atoms with Gasteiger partial charge in [0.1, 0.15) is 5.84 Å². The summed E-state index contributed by atoms with van der Waals surface area (Å²) in [6.45, 7) is 0. The normalized spacial score (nSPS) is 24.2. The van der Waals surface area contributed by atoms with Crippen molar-refractivity contribution in [1.82, 2.24) is 5.32 Å². The van der Waals surface area contributed by atoms with E-state index in [9.17, 15) is 18.0 Å². The van der Waals surface area contributed by atoms with Gasteiger partial charge in [-0.25, -0.2) is 0 Å². The number of amidine groups is 1. The smallest absolute Gasteiger partial charge is 0.365 e. The van der Waals surface area contributed by atoms with Crippen molar-refractivity contribution in [2.45, 2.75) is 18.1 Å². The van der Waals surface area contributed by atoms with Crippen molar-refractivity contribution in [3.63, 3.8) is 0 Å². The monoisotopic (exact) mass is 355 g/mol. The minimum absolute atomic E-state index is 0.178. The predicted octanol–water partition coefficient (Wildman–Crippen LogP) is 3.24. The summed E-state index contributed by atoms with van der Waals surface area (Å²) in [5, 5.41) is 12.0. The summed E-state index contributed by atoms with van der Waals surface area (Å²) in [6, 6.07) is 13.4. The van der Waals surface area contributed by atoms with Gasteiger partial charge in [-0.3, -0.25) is 4.79 Å². The number of hydrogen-bond acceptors (Lipinski definition) is 3. The number of nitriles is 1. The second-order valence-electron chi connectivity index (χ2n) is 6.33. The molecule has 1 heterocycles. The Morgan fingerprint density at radius 2 is 1.65 bits per heavy atom. The molecule has 1 aliphatic carbocycles. The molecule has 130 valence electrons. The number of carbonyl (C=O) groups is 1. The number of aliphatic imine (C=N–C) groups is 1. The van der Waals surface area contributed by atoms with Crippen molar-refractivity contribution in [2.24, 2.45) is 10.9 Å². The van der Waals surface area contributed by atoms with Crippen LogP contribution in [0.1, 0.15) is 28.2 Å². The van der Waals surface area contributed by atoms with Gasteiger partial charge in [-0.2, -0.15) is 23.4 Å². The van der Waals surface area contributed by atoms with E-state index in [0.29, 0.717) is 22.5 Å². The first-order valence-electron chi connectivity index (χ1n) is 7.95. The highest BCUT2D eigenvalue weighted by atomic mass is 19.4. The van der Waals surface area contributed by atoms with Crippen LogP contribution in [0.5, 0.6) is 0 Å². The first-order valence-corrected chi connectivity index (χ1v) is 7.95. The molecule has 2 aliphatic rings. The van der Waals surface area contributed by atoms with Crippen molar-refractivity contribution >= 4 is 11.7 Å². The number of fused-ring (bicyclic) bond motifs is 1. The lowest BCUT2D eigenvalue weighted by molar-refractivity contribution is -0.137. The van der Waals surface area contributed by atoms with Gasteiger partial charge < -0.3 is 5.32 Å². The lowest BCUT2D eigenvalue weighted by atomic mass is 10.1. The first-order chi connectivity index (χ1) is 12.4. The Bertz CT molecular complexity index is 940. The van der Waals surface area contributed by atoms with Crippen LogP contribution in [0.25, 0.3) is 0 Å². The molecule has 2 aromatic carbocycles. The summed E-state index contributed by atoms with van der Waals surface area (Å²) in [5.74, 6) is -0.397. The van der Waals surface area contributed by atoms with E-state index in [0.717, 1.165) is 12.1 Å². The average Bonchev–Trinajstić information content (AvgIpc) is 3.36. The number of amides is 1. The minimum atomic E-state index is -4.38. The van der Waals surface area contributed by atoms with Crippen molar-refractivity contribution in [3.8, 4) is 6.07 Å². The first kappa shape index (κ1) is 16.3. The lowest BCUT2D eigenvalue weighted by Gasteiger charge is -2.13. The maximum atomic E-state index is 12.7. The van der Waals surface area contributed by atoms with Crippen molar-refractivity contribution in [2.75, 3.05) is 0 Å². The van der Waals surface area contributed by atoms with E-state index in [4.69, 9.17) is 5.26 Å². The second-order valence-corrected chi connectivity index (χ2v) is 6.33. The molecule has 4 rings (SSSR count). The molecule has 3 unspecified atom stereocenters. The van der Waals surface area contributed by atoms with Gasteiger partial charge in [0.05, 0.1) is 23.1 Å². The van der Waals surface area contributed by atoms with E-state index >= 15 is 0 Å². The number of nitrogens with zero attached hydrogens (tertiary/aromatic N) is 2. The quantitative estimate of drug-likeness (QED) is 0.899. The van der Waals surface area contributed by atoms with Crippen molar-refractivity contribution in [3.05, 3.63) is 70.8 Å². The summed E-state index contributed by atoms with van der Waals surface area (Å²) in [5.41, 5.74) is 1.17. The van der Waals surface area contributed by atoms with Gasteiger partial charge in [-0.1, -0.05) is 12.1 Å². The van der Waals surface area contributed by atoms with E-state index in [2.05, 4.69) is 10.3 Å². The fourth-order valence-corrected chi connectivity index (χ4v) is 3.33. The highest BCUT2D eigenvalue weighted by Gasteiger charge is 2.58. The van der Waals surface area contributed by atoms with Gasteiger partial charge in [-0.15, -0.1) is 0 Å². The van der Waals surface area contributed by atoms with Gasteiger partial charge in [0, 0.05) is 17.5 Å². The number of hydrogen-bond donors (Lipinski definition) is 1. The number of alkyl halides is 3. The lowest BCUT2D eigenvalue weighted by Crippen LogP contribution is -2.34. The number of nitrogens with one attached hydrogen (secondary N) is 1. The molecule has 0 aromatic heterocycles. The molecule has 0 radical (unpaired) electrons. The second kappa shape index (κ2) is 5.70. The zero-order valence-electron chi connectivity index (χ0n) is 13.3. The van der Waals surface area contributed by atoms with Gasteiger partial charge in [0.15, 0.2) is 0 Å². The average molecular weight is 355 g/mol. The Kier molecular flexibility index (Phi) is 3.58. The molecule has 0 saturated heterocycles. The SMILES string of the molecule is N#Cc1ccc(C2=NC(=O)C3C(N2)C3c2ccc(C(F)(F)F)cc2)cc1. The molecule has 4 nitrogen and oxygen atoms in total. The number of carbonyl (C=O) groups excluding carboxylic acids is 1. The third kappa shape index (κ3) is 2.73. The zero-order valence-corrected chi connectivity index (χ0v) is 13.3. The number of halogens is 3. The number of benzene rings is 2. The van der Waals surface area contributed by atoms with Crippen LogP contribution in [0.4, 0.5) is 13.2 Å². The number of rotatable bonds is 2. The summed E-state index contributed by atoms with van der Waals surface area (Å²) >= 11 is 0. The molecule has 7 heteroatoms. The fraction of sp³-hybridized carbons (Fsp3) is 0.211. The van der Waals surface area contributed by atoms with Crippen LogP contribution in [0.2, 0.25) is 0 Å². The summed E-state index contributed by atoms with van der Waals surface area (Å²) in [6.07, 6.45) is -4.38. The summed E-state index contributed by atoms with van der Waals surface area (Å²) in [4.78, 5) is 16.4. The Labute approximate surface area is 147 Å². The highest BCUT2D eigenvalue weighted by molar-refractivity contribution is 6.09. The molecule has 0 bridgehead atoms. The molecule has 1 fully saturated rings. The molecular weight excluding hydrogens is 343 g/mol. The third-order valence-electron chi connectivity index (χ3n) is 4.74. The fourth-order valence-electron chi connectivity index (χ4n) is 3.33. The highest BCUT2D eigenvalue weighted by Crippen LogP contribution is 2.50. The summed E-state index contributed by atoms with van der Waals surface area (Å²) in [7, 11) is 0. The largest absolute Gasteiger partial charge is 0.416 e. The molecular formula is C19H12F3N3O. The molecule has 1 amide bonds. The van der Waals surface area contributed by atoms with Crippen LogP contribution in [0.15, 0.2) is 53.5 Å². The van der Waals surface area contributed by atoms with E-state index in [1.54, 1.807) is 24.3 Å². The van der Waals surface area contributed by atoms with E-state index in [-0.39, 0.29) is 23.8 Å². The maximum absolute atomic E-state index is 12.7. The minimum Gasteiger partial charge on any atom is -0.365 e. The van der Waals surface area contributed by atoms with Crippen LogP contribution >= 0.6 is 0 Å². The van der Waals surface area contributed by atoms with Crippen molar-refractivity contribution in [1.29, 1.82) is 5.26 Å². The third-order valence-corrected chi connectivity index (χ3v) is 4.74. The van der Waals surface area contributed by atoms with E-state index < -0.39 is 11.7 Å². The van der Waals surface area contributed by atoms with E-state index in [1.807, 2.05) is 6.07 Å². The van der Waals surface area contributed by atoms with Gasteiger partial charge in [0.2, 0.25) is 0 Å². The van der Waals surface area contributed by atoms with Crippen LogP contribution in [0.3, 0.4) is 0 Å². The maximum Gasteiger partial charge on any atom is 0.416 e. The molecule has 1 N–H and O–H groups in total. The summed E-state index contributed by atoms with van der Waals surface area (Å²) < 4.78 is 38.0. The van der Waals surface area contributed by atoms with Crippen LogP contribution in [-0.2, 0) is 11.0 Å². The van der Waals surface area contributed by atoms with Crippen LogP contribution in [0, 0.1) is 17.2 Å². The molecule has 3 atom stereocenters. The Balaban J connectivity index is 1.54. The molecule has 0 spiro atoms. The Morgan fingerprint density at radius 1 is 1.00 bits per heavy atom. The van der Waals surface area contributed by atoms with Crippen LogP contribution < -0.4 is 5.32 Å². The van der Waals surface area contributed by atoms with Gasteiger partial charge in [-0.05, 0) is 42.0 Å². The van der Waals surface area contributed by atoms with Crippen molar-refractivity contribution < 1.29 is 18.0 Å². The van der Waals surface area contributed by atoms with Gasteiger partial charge >= 0.3 is 6.18 Å². The topological polar surface area (TPSA) is 65.2 Å². The van der Waals surface area contributed by atoms with Crippen LogP contribution in [-0.4, -0.2) is 17.8 Å². The standard InChI is InChI=1S/C19H12F3N3O/c20-19(21,22)13-7-5-11(6-8-13)14-15-16(14)24-17(25-18(15)26)12-3-1-10(9-23)2-4-12/h1-8,14-16H,(H,24,25,26). The molecule has 1 aliphatic heterocycles. The molecule has 26 heavy (non-hydrogen) atoms. The molecule has 1 saturated carbocycles. The Morgan fingerprint density at radius 3 is 2.23 bits per heavy atom.